The molecule has 0 atom stereocenters. The largest absolute Gasteiger partial charge is 0.414 e. The van der Waals surface area contributed by atoms with Gasteiger partial charge in [0.15, 0.2) is 5.60 Å². The Balaban J connectivity index is 2.05. The van der Waals surface area contributed by atoms with Crippen LogP contribution in [0.1, 0.15) is 25.0 Å². The Labute approximate surface area is 136 Å². The molecule has 0 saturated carbocycles. The molecule has 2 aromatic rings. The quantitative estimate of drug-likeness (QED) is 0.763. The van der Waals surface area contributed by atoms with Crippen molar-refractivity contribution in [2.24, 2.45) is 0 Å². The molecular weight excluding hydrogens is 292 g/mol. The van der Waals surface area contributed by atoms with Gasteiger partial charge < -0.3 is 9.47 Å². The van der Waals surface area contributed by atoms with Gasteiger partial charge in [-0.1, -0.05) is 60.7 Å². The predicted molar refractivity (Wildman–Crippen MR) is 86.7 cm³/mol. The van der Waals surface area contributed by atoms with Gasteiger partial charge in [0.2, 0.25) is 0 Å². The fourth-order valence-corrected chi connectivity index (χ4v) is 2.87. The Bertz CT molecular complexity index is 566. The van der Waals surface area contributed by atoms with Gasteiger partial charge in [0.05, 0.1) is 19.8 Å². The first-order chi connectivity index (χ1) is 11.2. The molecule has 4 heteroatoms. The van der Waals surface area contributed by atoms with Crippen LogP contribution in [0.2, 0.25) is 0 Å². The average molecular weight is 314 g/mol. The predicted octanol–water partition coefficient (Wildman–Crippen LogP) is 3.66. The smallest absolute Gasteiger partial charge is 0.304 e. The van der Waals surface area contributed by atoms with Crippen LogP contribution in [0.5, 0.6) is 0 Å². The normalized spacial score (nSPS) is 18.9. The third-order valence-corrected chi connectivity index (χ3v) is 3.87. The van der Waals surface area contributed by atoms with Gasteiger partial charge >= 0.3 is 6.16 Å². The summed E-state index contributed by atoms with van der Waals surface area (Å²) in [6, 6.07) is 20.1. The third kappa shape index (κ3) is 3.03. The summed E-state index contributed by atoms with van der Waals surface area (Å²) in [4.78, 5) is 0. The van der Waals surface area contributed by atoms with Gasteiger partial charge in [-0.2, -0.15) is 0 Å². The minimum Gasteiger partial charge on any atom is -0.304 e. The summed E-state index contributed by atoms with van der Waals surface area (Å²) in [5.41, 5.74) is 1.26. The fraction of sp³-hybridized carbons (Fsp3) is 0.368. The van der Waals surface area contributed by atoms with Crippen LogP contribution in [0.25, 0.3) is 0 Å². The van der Waals surface area contributed by atoms with Crippen LogP contribution in [0, 0.1) is 0 Å². The van der Waals surface area contributed by atoms with E-state index in [1.54, 1.807) is 0 Å². The van der Waals surface area contributed by atoms with Gasteiger partial charge in [-0.15, -0.1) is 0 Å². The van der Waals surface area contributed by atoms with E-state index >= 15 is 0 Å². The SMILES string of the molecule is CCOC1(OCC)OCC(c2ccccc2)(c2ccccc2)O1. The van der Waals surface area contributed by atoms with Crippen molar-refractivity contribution in [3.8, 4) is 0 Å². The lowest BCUT2D eigenvalue weighted by atomic mass is 9.87. The van der Waals surface area contributed by atoms with E-state index in [1.165, 1.54) is 0 Å². The molecule has 1 aliphatic heterocycles. The number of hydrogen-bond acceptors (Lipinski definition) is 4. The van der Waals surface area contributed by atoms with Crippen molar-refractivity contribution in [1.82, 2.24) is 0 Å². The molecule has 2 aromatic carbocycles. The summed E-state index contributed by atoms with van der Waals surface area (Å²) in [6.45, 7) is 4.96. The molecule has 3 rings (SSSR count). The summed E-state index contributed by atoms with van der Waals surface area (Å²) in [6.07, 6.45) is -1.46. The van der Waals surface area contributed by atoms with Crippen molar-refractivity contribution in [1.29, 1.82) is 0 Å². The second kappa shape index (κ2) is 6.81. The topological polar surface area (TPSA) is 36.9 Å². The van der Waals surface area contributed by atoms with Crippen LogP contribution in [0.15, 0.2) is 60.7 Å². The first kappa shape index (κ1) is 16.1. The molecule has 122 valence electrons. The molecule has 1 fully saturated rings. The molecule has 0 spiro atoms. The van der Waals surface area contributed by atoms with E-state index in [-0.39, 0.29) is 0 Å². The molecule has 4 nitrogen and oxygen atoms in total. The molecule has 0 bridgehead atoms. The van der Waals surface area contributed by atoms with Crippen molar-refractivity contribution < 1.29 is 18.9 Å². The zero-order valence-electron chi connectivity index (χ0n) is 13.5. The van der Waals surface area contributed by atoms with Gasteiger partial charge in [-0.25, -0.2) is 0 Å². The van der Waals surface area contributed by atoms with E-state index in [2.05, 4.69) is 0 Å². The number of rotatable bonds is 6. The molecule has 0 aromatic heterocycles. The molecule has 0 radical (unpaired) electrons. The van der Waals surface area contributed by atoms with Crippen molar-refractivity contribution in [3.63, 3.8) is 0 Å². The summed E-state index contributed by atoms with van der Waals surface area (Å²) in [5, 5.41) is 0. The number of benzene rings is 2. The van der Waals surface area contributed by atoms with E-state index in [4.69, 9.17) is 18.9 Å². The van der Waals surface area contributed by atoms with E-state index in [0.29, 0.717) is 19.8 Å². The molecule has 0 amide bonds. The summed E-state index contributed by atoms with van der Waals surface area (Å²) in [5.74, 6) is 0. The third-order valence-electron chi connectivity index (χ3n) is 3.87. The maximum atomic E-state index is 6.32. The highest BCUT2D eigenvalue weighted by atomic mass is 17.0. The van der Waals surface area contributed by atoms with Gasteiger partial charge in [-0.3, -0.25) is 9.47 Å². The van der Waals surface area contributed by atoms with Crippen molar-refractivity contribution in [2.75, 3.05) is 19.8 Å². The molecule has 0 aliphatic carbocycles. The van der Waals surface area contributed by atoms with Crippen LogP contribution < -0.4 is 0 Å². The van der Waals surface area contributed by atoms with Gasteiger partial charge in [0, 0.05) is 0 Å². The highest BCUT2D eigenvalue weighted by Gasteiger charge is 2.55. The Kier molecular flexibility index (Phi) is 4.78. The molecule has 23 heavy (non-hydrogen) atoms. The average Bonchev–Trinajstić information content (AvgIpc) is 2.98. The van der Waals surface area contributed by atoms with Gasteiger partial charge in [0.25, 0.3) is 0 Å². The maximum absolute atomic E-state index is 6.32. The van der Waals surface area contributed by atoms with Crippen molar-refractivity contribution in [2.45, 2.75) is 25.6 Å². The monoisotopic (exact) mass is 314 g/mol. The summed E-state index contributed by atoms with van der Waals surface area (Å²) in [7, 11) is 0. The van der Waals surface area contributed by atoms with E-state index in [1.807, 2.05) is 74.5 Å². The fourth-order valence-electron chi connectivity index (χ4n) is 2.87. The lowest BCUT2D eigenvalue weighted by Gasteiger charge is -2.32. The first-order valence-electron chi connectivity index (χ1n) is 7.98. The van der Waals surface area contributed by atoms with Crippen LogP contribution in [0.4, 0.5) is 0 Å². The molecule has 1 aliphatic rings. The molecular formula is C19H22O4. The summed E-state index contributed by atoms with van der Waals surface area (Å²) >= 11 is 0. The Hall–Kier alpha value is -1.72. The van der Waals surface area contributed by atoms with Gasteiger partial charge in [0.1, 0.15) is 0 Å². The molecule has 1 heterocycles. The molecule has 0 N–H and O–H groups in total. The van der Waals surface area contributed by atoms with Crippen molar-refractivity contribution in [3.05, 3.63) is 71.8 Å². The zero-order valence-corrected chi connectivity index (χ0v) is 13.5. The van der Waals surface area contributed by atoms with E-state index in [0.717, 1.165) is 11.1 Å². The number of ether oxygens (including phenoxy) is 4. The standard InChI is InChI=1S/C19H22O4/c1-3-20-19(21-4-2)22-15-18(23-19,16-11-7-5-8-12-16)17-13-9-6-10-14-17/h5-14H,3-4,15H2,1-2H3. The maximum Gasteiger partial charge on any atom is 0.414 e. The van der Waals surface area contributed by atoms with Crippen LogP contribution in [-0.4, -0.2) is 26.0 Å². The molecule has 1 saturated heterocycles. The second-order valence-electron chi connectivity index (χ2n) is 5.32. The van der Waals surface area contributed by atoms with Crippen LogP contribution >= 0.6 is 0 Å². The van der Waals surface area contributed by atoms with Crippen molar-refractivity contribution >= 4 is 0 Å². The highest BCUT2D eigenvalue weighted by Crippen LogP contribution is 2.44. The lowest BCUT2D eigenvalue weighted by molar-refractivity contribution is -0.470. The Morgan fingerprint density at radius 1 is 0.826 bits per heavy atom. The van der Waals surface area contributed by atoms with E-state index < -0.39 is 11.8 Å². The summed E-state index contributed by atoms with van der Waals surface area (Å²) < 4.78 is 23.5. The first-order valence-corrected chi connectivity index (χ1v) is 7.98. The lowest BCUT2D eigenvalue weighted by Crippen LogP contribution is -2.40. The van der Waals surface area contributed by atoms with Gasteiger partial charge in [-0.05, 0) is 25.0 Å². The van der Waals surface area contributed by atoms with Crippen LogP contribution in [-0.2, 0) is 24.5 Å². The molecule has 0 unspecified atom stereocenters. The Morgan fingerprint density at radius 2 is 1.30 bits per heavy atom. The number of hydrogen-bond donors (Lipinski definition) is 0. The minimum absolute atomic E-state index is 0.320. The second-order valence-corrected chi connectivity index (χ2v) is 5.32. The minimum atomic E-state index is -1.46. The van der Waals surface area contributed by atoms with Crippen LogP contribution in [0.3, 0.4) is 0 Å². The highest BCUT2D eigenvalue weighted by molar-refractivity contribution is 5.37. The Morgan fingerprint density at radius 3 is 1.74 bits per heavy atom. The zero-order chi connectivity index (χ0) is 16.2. The van der Waals surface area contributed by atoms with E-state index in [9.17, 15) is 0 Å².